The quantitative estimate of drug-likeness (QED) is 0.775. The molecule has 2 heterocycles. The van der Waals surface area contributed by atoms with Crippen LogP contribution in [0.4, 0.5) is 5.69 Å². The number of aromatic nitrogens is 1. The monoisotopic (exact) mass is 204 g/mol. The van der Waals surface area contributed by atoms with Crippen molar-refractivity contribution >= 4 is 11.7 Å². The highest BCUT2D eigenvalue weighted by Gasteiger charge is 2.12. The molecule has 0 saturated carbocycles. The maximum atomic E-state index is 10.6. The van der Waals surface area contributed by atoms with Gasteiger partial charge in [-0.2, -0.15) is 0 Å². The summed E-state index contributed by atoms with van der Waals surface area (Å²) in [6, 6.07) is 6.26. The van der Waals surface area contributed by atoms with Gasteiger partial charge in [0.05, 0.1) is 5.69 Å². The highest BCUT2D eigenvalue weighted by Crippen LogP contribution is 2.24. The summed E-state index contributed by atoms with van der Waals surface area (Å²) in [6.07, 6.45) is 1.56. The first-order valence-corrected chi connectivity index (χ1v) is 4.22. The van der Waals surface area contributed by atoms with Crippen LogP contribution >= 0.6 is 0 Å². The van der Waals surface area contributed by atoms with E-state index in [1.807, 2.05) is 0 Å². The number of hydrogen-bond donors (Lipinski definition) is 2. The van der Waals surface area contributed by atoms with Gasteiger partial charge in [-0.25, -0.2) is 4.79 Å². The van der Waals surface area contributed by atoms with E-state index >= 15 is 0 Å². The van der Waals surface area contributed by atoms with E-state index in [1.54, 1.807) is 18.3 Å². The zero-order chi connectivity index (χ0) is 10.8. The molecule has 0 saturated heterocycles. The first kappa shape index (κ1) is 9.26. The van der Waals surface area contributed by atoms with E-state index in [0.29, 0.717) is 17.1 Å². The van der Waals surface area contributed by atoms with Crippen molar-refractivity contribution in [3.8, 4) is 11.5 Å². The molecule has 0 spiro atoms. The molecule has 2 rings (SSSR count). The number of carboxylic acids is 1. The lowest BCUT2D eigenvalue weighted by atomic mass is 10.2. The van der Waals surface area contributed by atoms with E-state index in [4.69, 9.17) is 15.3 Å². The fourth-order valence-electron chi connectivity index (χ4n) is 1.20. The Bertz CT molecular complexity index is 505. The second-order valence-corrected chi connectivity index (χ2v) is 2.91. The summed E-state index contributed by atoms with van der Waals surface area (Å²) in [7, 11) is 0. The molecule has 0 aliphatic heterocycles. The summed E-state index contributed by atoms with van der Waals surface area (Å²) in [5, 5.41) is 8.67. The van der Waals surface area contributed by atoms with E-state index in [-0.39, 0.29) is 5.76 Å². The molecule has 5 heteroatoms. The normalized spacial score (nSPS) is 10.1. The summed E-state index contributed by atoms with van der Waals surface area (Å²) in [5.74, 6) is -0.892. The summed E-state index contributed by atoms with van der Waals surface area (Å²) in [5.41, 5.74) is 6.57. The molecule has 0 aliphatic carbocycles. The van der Waals surface area contributed by atoms with Crippen molar-refractivity contribution in [1.29, 1.82) is 0 Å². The van der Waals surface area contributed by atoms with Gasteiger partial charge in [0.2, 0.25) is 5.76 Å². The average molecular weight is 204 g/mol. The average Bonchev–Trinajstić information content (AvgIpc) is 2.67. The van der Waals surface area contributed by atoms with Crippen molar-refractivity contribution in [2.75, 3.05) is 5.73 Å². The highest BCUT2D eigenvalue weighted by atomic mass is 16.4. The van der Waals surface area contributed by atoms with Gasteiger partial charge in [0.1, 0.15) is 5.69 Å². The number of furan rings is 1. The minimum atomic E-state index is -1.12. The van der Waals surface area contributed by atoms with Crippen molar-refractivity contribution in [2.45, 2.75) is 0 Å². The topological polar surface area (TPSA) is 89.3 Å². The van der Waals surface area contributed by atoms with Crippen LogP contribution in [0.15, 0.2) is 34.9 Å². The minimum absolute atomic E-state index is 0.130. The predicted octanol–water partition coefficient (Wildman–Crippen LogP) is 1.62. The van der Waals surface area contributed by atoms with Crippen LogP contribution in [0.3, 0.4) is 0 Å². The van der Waals surface area contributed by atoms with Crippen LogP contribution in [0.5, 0.6) is 0 Å². The molecule has 76 valence electrons. The van der Waals surface area contributed by atoms with Crippen molar-refractivity contribution in [2.24, 2.45) is 0 Å². The number of rotatable bonds is 2. The number of anilines is 1. The first-order valence-electron chi connectivity index (χ1n) is 4.22. The maximum Gasteiger partial charge on any atom is 0.371 e. The fraction of sp³-hybridized carbons (Fsp3) is 0. The number of nitrogens with zero attached hydrogens (tertiary/aromatic N) is 1. The second-order valence-electron chi connectivity index (χ2n) is 2.91. The largest absolute Gasteiger partial charge is 0.475 e. The molecule has 0 aromatic carbocycles. The summed E-state index contributed by atoms with van der Waals surface area (Å²) in [4.78, 5) is 14.6. The van der Waals surface area contributed by atoms with E-state index < -0.39 is 5.97 Å². The minimum Gasteiger partial charge on any atom is -0.475 e. The zero-order valence-corrected chi connectivity index (χ0v) is 7.68. The van der Waals surface area contributed by atoms with Crippen LogP contribution < -0.4 is 5.73 Å². The number of nitrogens with two attached hydrogens (primary N) is 1. The number of nitrogen functional groups attached to an aromatic ring is 1. The van der Waals surface area contributed by atoms with Gasteiger partial charge in [0.25, 0.3) is 0 Å². The van der Waals surface area contributed by atoms with Gasteiger partial charge in [-0.15, -0.1) is 0 Å². The zero-order valence-electron chi connectivity index (χ0n) is 7.68. The SMILES string of the molecule is Nc1cccnc1-c1ccc(C(=O)O)o1. The van der Waals surface area contributed by atoms with Gasteiger partial charge in [0, 0.05) is 6.20 Å². The molecule has 0 bridgehead atoms. The standard InChI is InChI=1S/C10H8N2O3/c11-6-2-1-5-12-9(6)7-3-4-8(15-7)10(13)14/h1-5H,11H2,(H,13,14). The number of carboxylic acid groups (broad SMARTS) is 1. The van der Waals surface area contributed by atoms with Crippen LogP contribution in [-0.4, -0.2) is 16.1 Å². The third kappa shape index (κ3) is 1.67. The first-order chi connectivity index (χ1) is 7.18. The van der Waals surface area contributed by atoms with Gasteiger partial charge in [-0.1, -0.05) is 0 Å². The van der Waals surface area contributed by atoms with Crippen LogP contribution in [0.25, 0.3) is 11.5 Å². The van der Waals surface area contributed by atoms with Gasteiger partial charge in [-0.3, -0.25) is 4.98 Å². The number of hydrogen-bond acceptors (Lipinski definition) is 4. The third-order valence-corrected chi connectivity index (χ3v) is 1.89. The van der Waals surface area contributed by atoms with Crippen molar-refractivity contribution in [3.63, 3.8) is 0 Å². The van der Waals surface area contributed by atoms with Crippen molar-refractivity contribution < 1.29 is 14.3 Å². The highest BCUT2D eigenvalue weighted by molar-refractivity contribution is 5.85. The van der Waals surface area contributed by atoms with Crippen LogP contribution in [0.2, 0.25) is 0 Å². The smallest absolute Gasteiger partial charge is 0.371 e. The van der Waals surface area contributed by atoms with E-state index in [2.05, 4.69) is 4.98 Å². The molecule has 0 radical (unpaired) electrons. The fourth-order valence-corrected chi connectivity index (χ4v) is 1.20. The summed E-state index contributed by atoms with van der Waals surface area (Å²) in [6.45, 7) is 0. The van der Waals surface area contributed by atoms with Gasteiger partial charge in [0.15, 0.2) is 5.76 Å². The molecule has 0 atom stereocenters. The Morgan fingerprint density at radius 3 is 2.80 bits per heavy atom. The third-order valence-electron chi connectivity index (χ3n) is 1.89. The Hall–Kier alpha value is -2.30. The molecular formula is C10H8N2O3. The Kier molecular flexibility index (Phi) is 2.13. The Labute approximate surface area is 85.2 Å². The molecular weight excluding hydrogens is 196 g/mol. The van der Waals surface area contributed by atoms with Crippen LogP contribution in [0.1, 0.15) is 10.6 Å². The Morgan fingerprint density at radius 1 is 1.40 bits per heavy atom. The molecule has 0 amide bonds. The van der Waals surface area contributed by atoms with Gasteiger partial charge in [-0.05, 0) is 24.3 Å². The number of pyridine rings is 1. The number of carbonyl (C=O) groups is 1. The second kappa shape index (κ2) is 3.45. The lowest BCUT2D eigenvalue weighted by Crippen LogP contribution is -1.93. The lowest BCUT2D eigenvalue weighted by molar-refractivity contribution is 0.0663. The van der Waals surface area contributed by atoms with E-state index in [9.17, 15) is 4.79 Å². The Balaban J connectivity index is 2.46. The van der Waals surface area contributed by atoms with E-state index in [1.165, 1.54) is 12.1 Å². The van der Waals surface area contributed by atoms with Gasteiger partial charge < -0.3 is 15.3 Å². The maximum absolute atomic E-state index is 10.6. The molecule has 15 heavy (non-hydrogen) atoms. The number of aromatic carboxylic acids is 1. The van der Waals surface area contributed by atoms with Crippen molar-refractivity contribution in [3.05, 3.63) is 36.2 Å². The molecule has 0 fully saturated rings. The van der Waals surface area contributed by atoms with E-state index in [0.717, 1.165) is 0 Å². The van der Waals surface area contributed by atoms with Crippen LogP contribution in [0, 0.1) is 0 Å². The molecule has 3 N–H and O–H groups in total. The van der Waals surface area contributed by atoms with Gasteiger partial charge >= 0.3 is 5.97 Å². The summed E-state index contributed by atoms with van der Waals surface area (Å²) < 4.78 is 5.07. The van der Waals surface area contributed by atoms with Crippen LogP contribution in [-0.2, 0) is 0 Å². The molecule has 0 aliphatic rings. The van der Waals surface area contributed by atoms with Crippen molar-refractivity contribution in [1.82, 2.24) is 4.98 Å². The molecule has 2 aromatic heterocycles. The molecule has 0 unspecified atom stereocenters. The molecule has 5 nitrogen and oxygen atoms in total. The lowest BCUT2D eigenvalue weighted by Gasteiger charge is -1.99. The Morgan fingerprint density at radius 2 is 2.20 bits per heavy atom. The molecule has 2 aromatic rings. The predicted molar refractivity (Wildman–Crippen MR) is 53.3 cm³/mol. The summed E-state index contributed by atoms with van der Waals surface area (Å²) >= 11 is 0.